The molecule has 2 N–H and O–H groups in total. The van der Waals surface area contributed by atoms with E-state index < -0.39 is 0 Å². The van der Waals surface area contributed by atoms with Gasteiger partial charge in [-0.15, -0.1) is 0 Å². The molecule has 1 saturated heterocycles. The van der Waals surface area contributed by atoms with Gasteiger partial charge in [-0.3, -0.25) is 9.88 Å². The molecule has 0 radical (unpaired) electrons. The first-order chi connectivity index (χ1) is 9.81. The third-order valence-corrected chi connectivity index (χ3v) is 3.58. The van der Waals surface area contributed by atoms with Gasteiger partial charge >= 0.3 is 0 Å². The Morgan fingerprint density at radius 1 is 1.00 bits per heavy atom. The minimum Gasteiger partial charge on any atom is -0.397 e. The maximum atomic E-state index is 5.65. The molecular formula is C15H19N5. The van der Waals surface area contributed by atoms with Crippen molar-refractivity contribution < 1.29 is 0 Å². The topological polar surface area (TPSA) is 58.3 Å². The van der Waals surface area contributed by atoms with Crippen LogP contribution in [0.2, 0.25) is 0 Å². The van der Waals surface area contributed by atoms with Crippen LogP contribution in [0, 0.1) is 0 Å². The number of hydrogen-bond donors (Lipinski definition) is 1. The van der Waals surface area contributed by atoms with E-state index in [1.165, 1.54) is 0 Å². The van der Waals surface area contributed by atoms with Gasteiger partial charge in [0.1, 0.15) is 5.82 Å². The lowest BCUT2D eigenvalue weighted by Crippen LogP contribution is -2.46. The van der Waals surface area contributed by atoms with Crippen molar-refractivity contribution >= 4 is 11.5 Å². The Kier molecular flexibility index (Phi) is 3.78. The van der Waals surface area contributed by atoms with E-state index in [0.29, 0.717) is 5.69 Å². The van der Waals surface area contributed by atoms with Gasteiger partial charge in [0.15, 0.2) is 0 Å². The predicted octanol–water partition coefficient (Wildman–Crippen LogP) is 1.38. The Morgan fingerprint density at radius 2 is 1.85 bits per heavy atom. The summed E-state index contributed by atoms with van der Waals surface area (Å²) < 4.78 is 0. The first-order valence-electron chi connectivity index (χ1n) is 6.90. The lowest BCUT2D eigenvalue weighted by atomic mass is 10.2. The summed E-state index contributed by atoms with van der Waals surface area (Å²) in [5.41, 5.74) is 7.44. The molecule has 5 heteroatoms. The highest BCUT2D eigenvalue weighted by atomic mass is 15.3. The summed E-state index contributed by atoms with van der Waals surface area (Å²) >= 11 is 0. The van der Waals surface area contributed by atoms with Crippen LogP contribution in [-0.2, 0) is 6.54 Å². The summed E-state index contributed by atoms with van der Waals surface area (Å²) in [6.07, 6.45) is 3.57. The number of aromatic nitrogens is 2. The van der Waals surface area contributed by atoms with Crippen molar-refractivity contribution in [3.8, 4) is 0 Å². The van der Waals surface area contributed by atoms with Crippen molar-refractivity contribution in [2.75, 3.05) is 36.8 Å². The lowest BCUT2D eigenvalue weighted by molar-refractivity contribution is 0.246. The SMILES string of the molecule is Nc1ccc(CN2CCN(c3ccccn3)CC2)nc1. The normalized spacial score (nSPS) is 16.3. The van der Waals surface area contributed by atoms with Gasteiger partial charge in [-0.1, -0.05) is 6.07 Å². The fourth-order valence-corrected chi connectivity index (χ4v) is 2.43. The zero-order valence-electron chi connectivity index (χ0n) is 11.4. The van der Waals surface area contributed by atoms with Crippen molar-refractivity contribution in [1.82, 2.24) is 14.9 Å². The number of nitrogens with zero attached hydrogens (tertiary/aromatic N) is 4. The number of nitrogens with two attached hydrogens (primary N) is 1. The molecule has 20 heavy (non-hydrogen) atoms. The van der Waals surface area contributed by atoms with E-state index in [1.54, 1.807) is 6.20 Å². The highest BCUT2D eigenvalue weighted by Gasteiger charge is 2.17. The van der Waals surface area contributed by atoms with Gasteiger partial charge in [-0.25, -0.2) is 4.98 Å². The minimum atomic E-state index is 0.716. The van der Waals surface area contributed by atoms with Gasteiger partial charge in [-0.2, -0.15) is 0 Å². The molecule has 0 unspecified atom stereocenters. The van der Waals surface area contributed by atoms with E-state index in [-0.39, 0.29) is 0 Å². The van der Waals surface area contributed by atoms with Gasteiger partial charge in [0.05, 0.1) is 17.6 Å². The quantitative estimate of drug-likeness (QED) is 0.912. The predicted molar refractivity (Wildman–Crippen MR) is 80.4 cm³/mol. The maximum absolute atomic E-state index is 5.65. The molecule has 0 spiro atoms. The maximum Gasteiger partial charge on any atom is 0.128 e. The third-order valence-electron chi connectivity index (χ3n) is 3.58. The van der Waals surface area contributed by atoms with Crippen molar-refractivity contribution in [2.24, 2.45) is 0 Å². The average Bonchev–Trinajstić information content (AvgIpc) is 2.51. The van der Waals surface area contributed by atoms with Crippen LogP contribution in [0.25, 0.3) is 0 Å². The highest BCUT2D eigenvalue weighted by Crippen LogP contribution is 2.14. The molecule has 1 fully saturated rings. The molecule has 0 amide bonds. The molecular weight excluding hydrogens is 250 g/mol. The number of anilines is 2. The van der Waals surface area contributed by atoms with Crippen molar-refractivity contribution in [2.45, 2.75) is 6.54 Å². The summed E-state index contributed by atoms with van der Waals surface area (Å²) in [5, 5.41) is 0. The zero-order chi connectivity index (χ0) is 13.8. The fraction of sp³-hybridized carbons (Fsp3) is 0.333. The lowest BCUT2D eigenvalue weighted by Gasteiger charge is -2.35. The number of nitrogen functional groups attached to an aromatic ring is 1. The Bertz CT molecular complexity index is 532. The summed E-state index contributed by atoms with van der Waals surface area (Å²) in [7, 11) is 0. The van der Waals surface area contributed by atoms with Crippen LogP contribution in [0.4, 0.5) is 11.5 Å². The Hall–Kier alpha value is -2.14. The average molecular weight is 269 g/mol. The molecule has 0 aromatic carbocycles. The Morgan fingerprint density at radius 3 is 2.50 bits per heavy atom. The second-order valence-corrected chi connectivity index (χ2v) is 5.03. The van der Waals surface area contributed by atoms with Crippen LogP contribution >= 0.6 is 0 Å². The van der Waals surface area contributed by atoms with Crippen LogP contribution in [-0.4, -0.2) is 41.0 Å². The molecule has 0 bridgehead atoms. The van der Waals surface area contributed by atoms with E-state index in [2.05, 4.69) is 25.8 Å². The monoisotopic (exact) mass is 269 g/mol. The van der Waals surface area contributed by atoms with Gasteiger partial charge < -0.3 is 10.6 Å². The summed E-state index contributed by atoms with van der Waals surface area (Å²) in [6, 6.07) is 9.96. The fourth-order valence-electron chi connectivity index (χ4n) is 2.43. The molecule has 104 valence electrons. The Labute approximate surface area is 119 Å². The van der Waals surface area contributed by atoms with E-state index in [4.69, 9.17) is 5.73 Å². The van der Waals surface area contributed by atoms with Gasteiger partial charge in [0.2, 0.25) is 0 Å². The third kappa shape index (κ3) is 3.05. The molecule has 5 nitrogen and oxygen atoms in total. The van der Waals surface area contributed by atoms with E-state index in [9.17, 15) is 0 Å². The second-order valence-electron chi connectivity index (χ2n) is 5.03. The van der Waals surface area contributed by atoms with E-state index in [1.807, 2.05) is 30.5 Å². The summed E-state index contributed by atoms with van der Waals surface area (Å²) in [5.74, 6) is 1.07. The molecule has 1 aliphatic rings. The van der Waals surface area contributed by atoms with Crippen molar-refractivity contribution in [3.63, 3.8) is 0 Å². The summed E-state index contributed by atoms with van der Waals surface area (Å²) in [6.45, 7) is 4.96. The van der Waals surface area contributed by atoms with E-state index in [0.717, 1.165) is 44.2 Å². The smallest absolute Gasteiger partial charge is 0.128 e. The molecule has 2 aromatic heterocycles. The largest absolute Gasteiger partial charge is 0.397 e. The molecule has 2 aromatic rings. The van der Waals surface area contributed by atoms with Crippen molar-refractivity contribution in [3.05, 3.63) is 48.4 Å². The number of piperazine rings is 1. The number of hydrogen-bond acceptors (Lipinski definition) is 5. The van der Waals surface area contributed by atoms with Crippen LogP contribution in [0.15, 0.2) is 42.7 Å². The molecule has 0 aliphatic carbocycles. The Balaban J connectivity index is 1.55. The molecule has 0 saturated carbocycles. The minimum absolute atomic E-state index is 0.716. The number of rotatable bonds is 3. The first-order valence-corrected chi connectivity index (χ1v) is 6.90. The molecule has 3 rings (SSSR count). The standard InChI is InChI=1S/C15H19N5/c16-13-4-5-14(18-11-13)12-19-7-9-20(10-8-19)15-3-1-2-6-17-15/h1-6,11H,7-10,12,16H2. The zero-order valence-corrected chi connectivity index (χ0v) is 11.4. The number of pyridine rings is 2. The molecule has 0 atom stereocenters. The van der Waals surface area contributed by atoms with Crippen LogP contribution < -0.4 is 10.6 Å². The van der Waals surface area contributed by atoms with Crippen LogP contribution in [0.1, 0.15) is 5.69 Å². The van der Waals surface area contributed by atoms with Gasteiger partial charge in [-0.05, 0) is 24.3 Å². The van der Waals surface area contributed by atoms with Crippen LogP contribution in [0.5, 0.6) is 0 Å². The van der Waals surface area contributed by atoms with E-state index >= 15 is 0 Å². The molecule has 3 heterocycles. The highest BCUT2D eigenvalue weighted by molar-refractivity contribution is 5.38. The second kappa shape index (κ2) is 5.88. The van der Waals surface area contributed by atoms with Gasteiger partial charge in [0, 0.05) is 38.9 Å². The summed E-state index contributed by atoms with van der Waals surface area (Å²) in [4.78, 5) is 13.5. The van der Waals surface area contributed by atoms with Crippen molar-refractivity contribution in [1.29, 1.82) is 0 Å². The van der Waals surface area contributed by atoms with Gasteiger partial charge in [0.25, 0.3) is 0 Å². The van der Waals surface area contributed by atoms with Crippen LogP contribution in [0.3, 0.4) is 0 Å². The first kappa shape index (κ1) is 12.9. The molecule has 1 aliphatic heterocycles.